The summed E-state index contributed by atoms with van der Waals surface area (Å²) in [6.45, 7) is 9.22. The van der Waals surface area contributed by atoms with Crippen LogP contribution in [0.15, 0.2) is 18.2 Å². The van der Waals surface area contributed by atoms with Gasteiger partial charge in [0.2, 0.25) is 0 Å². The number of benzene rings is 1. The molecule has 17 heavy (non-hydrogen) atoms. The van der Waals surface area contributed by atoms with Crippen LogP contribution in [-0.4, -0.2) is 26.2 Å². The predicted octanol–water partition coefficient (Wildman–Crippen LogP) is 2.09. The summed E-state index contributed by atoms with van der Waals surface area (Å²) >= 11 is 0. The Morgan fingerprint density at radius 3 is 2.65 bits per heavy atom. The van der Waals surface area contributed by atoms with Crippen molar-refractivity contribution in [2.45, 2.75) is 33.4 Å². The average Bonchev–Trinajstić information content (AvgIpc) is 2.28. The Bertz CT molecular complexity index is 337. The third-order valence-corrected chi connectivity index (χ3v) is 2.61. The second-order valence-corrected chi connectivity index (χ2v) is 4.60. The zero-order chi connectivity index (χ0) is 12.7. The van der Waals surface area contributed by atoms with Gasteiger partial charge < -0.3 is 15.4 Å². The van der Waals surface area contributed by atoms with Crippen LogP contribution in [0.5, 0.6) is 5.75 Å². The molecule has 0 bridgehead atoms. The van der Waals surface area contributed by atoms with Gasteiger partial charge in [-0.15, -0.1) is 0 Å². The highest BCUT2D eigenvalue weighted by Gasteiger charge is 2.02. The van der Waals surface area contributed by atoms with E-state index in [0.29, 0.717) is 6.04 Å². The molecule has 0 saturated carbocycles. The summed E-state index contributed by atoms with van der Waals surface area (Å²) in [6, 6.07) is 6.81. The molecule has 0 aliphatic carbocycles. The smallest absolute Gasteiger partial charge is 0.123 e. The first kappa shape index (κ1) is 14.0. The van der Waals surface area contributed by atoms with Crippen LogP contribution in [0.2, 0.25) is 0 Å². The largest absolute Gasteiger partial charge is 0.496 e. The van der Waals surface area contributed by atoms with Gasteiger partial charge in [-0.05, 0) is 13.0 Å². The molecule has 0 aliphatic heterocycles. The van der Waals surface area contributed by atoms with Crippen molar-refractivity contribution < 1.29 is 4.74 Å². The number of hydrogen-bond acceptors (Lipinski definition) is 3. The molecule has 0 aliphatic rings. The molecule has 96 valence electrons. The second-order valence-electron chi connectivity index (χ2n) is 4.60. The van der Waals surface area contributed by atoms with Crippen LogP contribution >= 0.6 is 0 Å². The molecule has 0 saturated heterocycles. The zero-order valence-corrected chi connectivity index (χ0v) is 11.3. The maximum atomic E-state index is 5.34. The molecule has 0 atom stereocenters. The van der Waals surface area contributed by atoms with Crippen molar-refractivity contribution in [3.05, 3.63) is 29.3 Å². The Labute approximate surface area is 105 Å². The standard InChI is InChI=1S/C14H24N2O/c1-11(2)16-8-7-15-10-13-9-12(3)5-6-14(13)17-4/h5-6,9,11,15-16H,7-8,10H2,1-4H3. The Morgan fingerprint density at radius 1 is 1.24 bits per heavy atom. The molecule has 0 fully saturated rings. The van der Waals surface area contributed by atoms with Crippen LogP contribution in [0.4, 0.5) is 0 Å². The molecular formula is C14H24N2O. The third kappa shape index (κ3) is 5.20. The third-order valence-electron chi connectivity index (χ3n) is 2.61. The highest BCUT2D eigenvalue weighted by molar-refractivity contribution is 5.36. The molecule has 3 heteroatoms. The van der Waals surface area contributed by atoms with Gasteiger partial charge in [0.25, 0.3) is 0 Å². The lowest BCUT2D eigenvalue weighted by atomic mass is 10.1. The normalized spacial score (nSPS) is 10.9. The number of methoxy groups -OCH3 is 1. The van der Waals surface area contributed by atoms with E-state index in [4.69, 9.17) is 4.74 Å². The second kappa shape index (κ2) is 7.30. The van der Waals surface area contributed by atoms with Gasteiger partial charge in [-0.25, -0.2) is 0 Å². The predicted molar refractivity (Wildman–Crippen MR) is 72.6 cm³/mol. The number of nitrogens with one attached hydrogen (secondary N) is 2. The van der Waals surface area contributed by atoms with E-state index < -0.39 is 0 Å². The first-order valence-corrected chi connectivity index (χ1v) is 6.21. The lowest BCUT2D eigenvalue weighted by Gasteiger charge is -2.12. The Balaban J connectivity index is 2.37. The summed E-state index contributed by atoms with van der Waals surface area (Å²) in [5.74, 6) is 0.958. The monoisotopic (exact) mass is 236 g/mol. The fourth-order valence-electron chi connectivity index (χ4n) is 1.72. The van der Waals surface area contributed by atoms with Crippen LogP contribution < -0.4 is 15.4 Å². The highest BCUT2D eigenvalue weighted by atomic mass is 16.5. The van der Waals surface area contributed by atoms with E-state index in [2.05, 4.69) is 43.5 Å². The average molecular weight is 236 g/mol. The van der Waals surface area contributed by atoms with Crippen LogP contribution in [0.3, 0.4) is 0 Å². The van der Waals surface area contributed by atoms with E-state index in [9.17, 15) is 0 Å². The van der Waals surface area contributed by atoms with Gasteiger partial charge in [0.15, 0.2) is 0 Å². The van der Waals surface area contributed by atoms with Crippen LogP contribution in [0.25, 0.3) is 0 Å². The number of rotatable bonds is 7. The molecule has 0 aromatic heterocycles. The lowest BCUT2D eigenvalue weighted by Crippen LogP contribution is -2.31. The molecule has 0 amide bonds. The van der Waals surface area contributed by atoms with E-state index in [-0.39, 0.29) is 0 Å². The topological polar surface area (TPSA) is 33.3 Å². The lowest BCUT2D eigenvalue weighted by molar-refractivity contribution is 0.407. The first-order valence-electron chi connectivity index (χ1n) is 6.21. The summed E-state index contributed by atoms with van der Waals surface area (Å²) < 4.78 is 5.34. The molecule has 0 unspecified atom stereocenters. The van der Waals surface area contributed by atoms with Crippen molar-refractivity contribution in [1.29, 1.82) is 0 Å². The fraction of sp³-hybridized carbons (Fsp3) is 0.571. The minimum Gasteiger partial charge on any atom is -0.496 e. The van der Waals surface area contributed by atoms with E-state index in [0.717, 1.165) is 25.4 Å². The Morgan fingerprint density at radius 2 is 2.00 bits per heavy atom. The molecule has 1 aromatic carbocycles. The summed E-state index contributed by atoms with van der Waals surface area (Å²) in [4.78, 5) is 0. The van der Waals surface area contributed by atoms with Gasteiger partial charge >= 0.3 is 0 Å². The van der Waals surface area contributed by atoms with Crippen LogP contribution in [0.1, 0.15) is 25.0 Å². The SMILES string of the molecule is COc1ccc(C)cc1CNCCNC(C)C. The van der Waals surface area contributed by atoms with E-state index in [1.807, 2.05) is 6.07 Å². The minimum atomic E-state index is 0.547. The molecule has 1 aromatic rings. The van der Waals surface area contributed by atoms with E-state index >= 15 is 0 Å². The first-order chi connectivity index (χ1) is 8.13. The van der Waals surface area contributed by atoms with Gasteiger partial charge in [0.05, 0.1) is 7.11 Å². The van der Waals surface area contributed by atoms with Gasteiger partial charge in [-0.2, -0.15) is 0 Å². The summed E-state index contributed by atoms with van der Waals surface area (Å²) in [5, 5.41) is 6.79. The van der Waals surface area contributed by atoms with Gasteiger partial charge in [0.1, 0.15) is 5.75 Å². The molecule has 0 radical (unpaired) electrons. The van der Waals surface area contributed by atoms with Crippen molar-refractivity contribution >= 4 is 0 Å². The van der Waals surface area contributed by atoms with Gasteiger partial charge in [0, 0.05) is 31.2 Å². The van der Waals surface area contributed by atoms with E-state index in [1.165, 1.54) is 11.1 Å². The maximum Gasteiger partial charge on any atom is 0.123 e. The number of aryl methyl sites for hydroxylation is 1. The van der Waals surface area contributed by atoms with Gasteiger partial charge in [-0.3, -0.25) is 0 Å². The van der Waals surface area contributed by atoms with Crippen molar-refractivity contribution in [3.8, 4) is 5.75 Å². The van der Waals surface area contributed by atoms with E-state index in [1.54, 1.807) is 7.11 Å². The molecule has 1 rings (SSSR count). The minimum absolute atomic E-state index is 0.547. The quantitative estimate of drug-likeness (QED) is 0.711. The van der Waals surface area contributed by atoms with Crippen LogP contribution in [0, 0.1) is 6.92 Å². The molecule has 0 heterocycles. The van der Waals surface area contributed by atoms with Crippen molar-refractivity contribution in [1.82, 2.24) is 10.6 Å². The van der Waals surface area contributed by atoms with Crippen molar-refractivity contribution in [3.63, 3.8) is 0 Å². The van der Waals surface area contributed by atoms with Crippen molar-refractivity contribution in [2.24, 2.45) is 0 Å². The Hall–Kier alpha value is -1.06. The zero-order valence-electron chi connectivity index (χ0n) is 11.3. The van der Waals surface area contributed by atoms with Crippen molar-refractivity contribution in [2.75, 3.05) is 20.2 Å². The summed E-state index contributed by atoms with van der Waals surface area (Å²) in [5.41, 5.74) is 2.49. The molecule has 3 nitrogen and oxygen atoms in total. The fourth-order valence-corrected chi connectivity index (χ4v) is 1.72. The summed E-state index contributed by atoms with van der Waals surface area (Å²) in [6.07, 6.45) is 0. The molecule has 2 N–H and O–H groups in total. The number of ether oxygens (including phenoxy) is 1. The molecular weight excluding hydrogens is 212 g/mol. The molecule has 0 spiro atoms. The van der Waals surface area contributed by atoms with Gasteiger partial charge in [-0.1, -0.05) is 31.5 Å². The Kier molecular flexibility index (Phi) is 6.01. The maximum absolute atomic E-state index is 5.34. The van der Waals surface area contributed by atoms with Crippen LogP contribution in [-0.2, 0) is 6.54 Å². The highest BCUT2D eigenvalue weighted by Crippen LogP contribution is 2.18. The number of hydrogen-bond donors (Lipinski definition) is 2. The summed E-state index contributed by atoms with van der Waals surface area (Å²) in [7, 11) is 1.72.